The molecule has 12 nitrogen and oxygen atoms in total. The number of carbonyl (C=O) groups is 2. The highest BCUT2D eigenvalue weighted by atomic mass is 16.8. The van der Waals surface area contributed by atoms with E-state index >= 15 is 0 Å². The van der Waals surface area contributed by atoms with Gasteiger partial charge in [-0.25, -0.2) is 9.59 Å². The molecular formula is C26H38O12. The lowest BCUT2D eigenvalue weighted by Crippen LogP contribution is -2.60. The summed E-state index contributed by atoms with van der Waals surface area (Å²) in [6, 6.07) is 0. The van der Waals surface area contributed by atoms with Crippen molar-refractivity contribution >= 4 is 11.9 Å². The number of carbonyl (C=O) groups excluding carboxylic acids is 1. The average Bonchev–Trinajstić information content (AvgIpc) is 3.31. The molecule has 0 spiro atoms. The third-order valence-corrected chi connectivity index (χ3v) is 7.30. The number of aliphatic hydroxyl groups is 5. The van der Waals surface area contributed by atoms with Crippen LogP contribution in [-0.2, 0) is 28.5 Å². The van der Waals surface area contributed by atoms with Crippen LogP contribution in [0.5, 0.6) is 0 Å². The predicted molar refractivity (Wildman–Crippen MR) is 130 cm³/mol. The average molecular weight is 543 g/mol. The molecule has 3 rings (SSSR count). The molecule has 0 unspecified atom stereocenters. The molecule has 12 heteroatoms. The van der Waals surface area contributed by atoms with E-state index in [1.165, 1.54) is 0 Å². The van der Waals surface area contributed by atoms with Crippen LogP contribution >= 0.6 is 0 Å². The fraction of sp³-hybridized carbons (Fsp3) is 0.692. The number of carboxylic acids is 1. The zero-order valence-electron chi connectivity index (χ0n) is 21.5. The number of ether oxygens (including phenoxy) is 4. The molecule has 1 saturated heterocycles. The summed E-state index contributed by atoms with van der Waals surface area (Å²) in [6.07, 6.45) is -1.64. The molecule has 2 aliphatic heterocycles. The van der Waals surface area contributed by atoms with Crippen LogP contribution in [0, 0.1) is 17.8 Å². The Morgan fingerprint density at radius 1 is 1.13 bits per heavy atom. The Bertz CT molecular complexity index is 925. The molecule has 2 heterocycles. The Balaban J connectivity index is 1.68. The first-order chi connectivity index (χ1) is 18.1. The number of esters is 1. The van der Waals surface area contributed by atoms with Gasteiger partial charge in [0.15, 0.2) is 6.29 Å². The summed E-state index contributed by atoms with van der Waals surface area (Å²) >= 11 is 0. The first kappa shape index (κ1) is 30.2. The number of aliphatic carboxylic acids is 1. The normalized spacial score (nSPS) is 34.0. The second-order valence-corrected chi connectivity index (χ2v) is 10.0. The van der Waals surface area contributed by atoms with Gasteiger partial charge < -0.3 is 49.6 Å². The molecule has 1 fully saturated rings. The van der Waals surface area contributed by atoms with Gasteiger partial charge in [-0.1, -0.05) is 19.1 Å². The summed E-state index contributed by atoms with van der Waals surface area (Å²) < 4.78 is 22.2. The second-order valence-electron chi connectivity index (χ2n) is 10.0. The Kier molecular flexibility index (Phi) is 10.9. The fourth-order valence-corrected chi connectivity index (χ4v) is 4.90. The maximum Gasteiger partial charge on any atom is 0.335 e. The van der Waals surface area contributed by atoms with E-state index in [1.807, 2.05) is 6.92 Å². The van der Waals surface area contributed by atoms with Crippen molar-refractivity contribution in [3.63, 3.8) is 0 Å². The van der Waals surface area contributed by atoms with Gasteiger partial charge in [0.25, 0.3) is 0 Å². The van der Waals surface area contributed by atoms with Crippen LogP contribution in [0.25, 0.3) is 0 Å². The third-order valence-electron chi connectivity index (χ3n) is 7.30. The smallest absolute Gasteiger partial charge is 0.335 e. The molecule has 0 aromatic carbocycles. The molecule has 3 aliphatic rings. The SMILES string of the molecule is C/C(=C\CC[C@H](C)CCO)C(=O)OCC1=CC[C@@H]2C(C(=O)O)=CO[C@@H](O[C@@H]3O[C@H](CO)[C@@H](O)[C@H](O)[C@H]3O)[C@H]12. The van der Waals surface area contributed by atoms with Crippen LogP contribution in [0.3, 0.4) is 0 Å². The summed E-state index contributed by atoms with van der Waals surface area (Å²) in [7, 11) is 0. The largest absolute Gasteiger partial charge is 0.478 e. The van der Waals surface area contributed by atoms with Crippen LogP contribution in [0.1, 0.15) is 39.5 Å². The van der Waals surface area contributed by atoms with Crippen molar-refractivity contribution in [2.75, 3.05) is 19.8 Å². The lowest BCUT2D eigenvalue weighted by atomic mass is 9.83. The van der Waals surface area contributed by atoms with E-state index in [0.29, 0.717) is 36.3 Å². The molecular weight excluding hydrogens is 504 g/mol. The van der Waals surface area contributed by atoms with Crippen molar-refractivity contribution in [1.82, 2.24) is 0 Å². The van der Waals surface area contributed by atoms with Crippen LogP contribution in [-0.4, -0.2) is 99.4 Å². The standard InChI is InChI=1S/C26H38O12/c1-13(8-9-27)4-3-5-14(2)24(34)35-11-15-6-7-16-17(23(32)33)12-36-25(19(15)16)38-26-22(31)21(30)20(29)18(10-28)37-26/h5-6,12-13,16,18-22,25-31H,3-4,7-11H2,1-2H3,(H,32,33)/b14-5+/t13-,16+,18+,19+,20+,21-,22+,25-,26-/m0/s1. The molecule has 0 aromatic heterocycles. The number of fused-ring (bicyclic) bond motifs is 1. The van der Waals surface area contributed by atoms with Gasteiger partial charge in [-0.15, -0.1) is 0 Å². The third kappa shape index (κ3) is 7.00. The minimum Gasteiger partial charge on any atom is -0.478 e. The highest BCUT2D eigenvalue weighted by molar-refractivity contribution is 5.88. The van der Waals surface area contributed by atoms with Crippen molar-refractivity contribution in [1.29, 1.82) is 0 Å². The maximum absolute atomic E-state index is 12.6. The maximum atomic E-state index is 12.6. The second kappa shape index (κ2) is 13.7. The van der Waals surface area contributed by atoms with Crippen molar-refractivity contribution in [3.05, 3.63) is 35.1 Å². The summed E-state index contributed by atoms with van der Waals surface area (Å²) in [5.41, 5.74) is 1.000. The van der Waals surface area contributed by atoms with Gasteiger partial charge in [0.2, 0.25) is 6.29 Å². The number of allylic oxidation sites excluding steroid dienone is 2. The minimum absolute atomic E-state index is 0.00862. The predicted octanol–water partition coefficient (Wildman–Crippen LogP) is -0.0216. The molecule has 0 radical (unpaired) electrons. The van der Waals surface area contributed by atoms with Gasteiger partial charge in [0, 0.05) is 18.1 Å². The molecule has 9 atom stereocenters. The summed E-state index contributed by atoms with van der Waals surface area (Å²) in [4.78, 5) is 24.3. The van der Waals surface area contributed by atoms with E-state index in [-0.39, 0.29) is 18.8 Å². The minimum atomic E-state index is -1.67. The van der Waals surface area contributed by atoms with Gasteiger partial charge in [-0.2, -0.15) is 0 Å². The Hall–Kier alpha value is -2.32. The van der Waals surface area contributed by atoms with Gasteiger partial charge >= 0.3 is 11.9 Å². The highest BCUT2D eigenvalue weighted by Gasteiger charge is 2.49. The van der Waals surface area contributed by atoms with Gasteiger partial charge in [0.05, 0.1) is 24.4 Å². The van der Waals surface area contributed by atoms with E-state index in [9.17, 15) is 35.1 Å². The van der Waals surface area contributed by atoms with Crippen LogP contribution in [0.2, 0.25) is 0 Å². The zero-order valence-corrected chi connectivity index (χ0v) is 21.5. The van der Waals surface area contributed by atoms with Crippen LogP contribution in [0.4, 0.5) is 0 Å². The van der Waals surface area contributed by atoms with Crippen LogP contribution in [0.15, 0.2) is 35.1 Å². The van der Waals surface area contributed by atoms with Crippen molar-refractivity contribution in [3.8, 4) is 0 Å². The summed E-state index contributed by atoms with van der Waals surface area (Å²) in [5, 5.41) is 58.5. The first-order valence-electron chi connectivity index (χ1n) is 12.8. The lowest BCUT2D eigenvalue weighted by molar-refractivity contribution is -0.339. The van der Waals surface area contributed by atoms with E-state index < -0.39 is 67.4 Å². The number of hydrogen-bond donors (Lipinski definition) is 6. The number of hydrogen-bond acceptors (Lipinski definition) is 11. The van der Waals surface area contributed by atoms with E-state index in [1.54, 1.807) is 19.1 Å². The van der Waals surface area contributed by atoms with E-state index in [2.05, 4.69) is 0 Å². The van der Waals surface area contributed by atoms with Crippen molar-refractivity contribution in [2.45, 2.75) is 76.5 Å². The molecule has 0 aromatic rings. The van der Waals surface area contributed by atoms with Gasteiger partial charge in [-0.3, -0.25) is 0 Å². The van der Waals surface area contributed by atoms with Crippen LogP contribution < -0.4 is 0 Å². The van der Waals surface area contributed by atoms with E-state index in [0.717, 1.165) is 12.7 Å². The lowest BCUT2D eigenvalue weighted by Gasteiger charge is -2.42. The molecule has 214 valence electrons. The Morgan fingerprint density at radius 3 is 2.53 bits per heavy atom. The Morgan fingerprint density at radius 2 is 1.87 bits per heavy atom. The number of aliphatic hydroxyl groups excluding tert-OH is 5. The first-order valence-corrected chi connectivity index (χ1v) is 12.8. The van der Waals surface area contributed by atoms with Crippen molar-refractivity contribution < 1.29 is 59.2 Å². The summed E-state index contributed by atoms with van der Waals surface area (Å²) in [6.45, 7) is 3.00. The van der Waals surface area contributed by atoms with Gasteiger partial charge in [0.1, 0.15) is 31.0 Å². The number of rotatable bonds is 12. The quantitative estimate of drug-likeness (QED) is 0.110. The van der Waals surface area contributed by atoms with E-state index in [4.69, 9.17) is 24.1 Å². The fourth-order valence-electron chi connectivity index (χ4n) is 4.90. The zero-order chi connectivity index (χ0) is 28.0. The molecule has 6 N–H and O–H groups in total. The molecule has 1 aliphatic carbocycles. The molecule has 0 amide bonds. The molecule has 38 heavy (non-hydrogen) atoms. The topological polar surface area (TPSA) is 192 Å². The molecule has 0 bridgehead atoms. The Labute approximate surface area is 220 Å². The monoisotopic (exact) mass is 542 g/mol. The van der Waals surface area contributed by atoms with Gasteiger partial charge in [-0.05, 0) is 44.1 Å². The molecule has 0 saturated carbocycles. The number of carboxylic acid groups (broad SMARTS) is 1. The summed E-state index contributed by atoms with van der Waals surface area (Å²) in [5.74, 6) is -2.64. The van der Waals surface area contributed by atoms with Crippen molar-refractivity contribution in [2.24, 2.45) is 17.8 Å². The highest BCUT2D eigenvalue weighted by Crippen LogP contribution is 2.44.